The Balaban J connectivity index is 1.40. The molecule has 8 heteroatoms. The molecule has 1 amide bonds. The van der Waals surface area contributed by atoms with Crippen molar-refractivity contribution >= 4 is 32.3 Å². The number of hydrogen-bond acceptors (Lipinski definition) is 5. The fraction of sp³-hybridized carbons (Fsp3) is 0.304. The monoisotopic (exact) mass is 441 g/mol. The number of sulfone groups is 1. The third kappa shape index (κ3) is 4.69. The average Bonchev–Trinajstić information content (AvgIpc) is 2.73. The second kappa shape index (κ2) is 8.26. The van der Waals surface area contributed by atoms with Crippen LogP contribution < -0.4 is 5.73 Å². The number of amides is 1. The summed E-state index contributed by atoms with van der Waals surface area (Å²) in [5, 5.41) is 0.677. The van der Waals surface area contributed by atoms with Gasteiger partial charge in [-0.2, -0.15) is 0 Å². The van der Waals surface area contributed by atoms with Gasteiger partial charge in [-0.15, -0.1) is 0 Å². The lowest BCUT2D eigenvalue weighted by atomic mass is 9.91. The van der Waals surface area contributed by atoms with E-state index in [1.54, 1.807) is 24.3 Å². The van der Waals surface area contributed by atoms with Crippen molar-refractivity contribution in [2.45, 2.75) is 30.1 Å². The largest absolute Gasteiger partial charge is 0.397 e. The highest BCUT2D eigenvalue weighted by Gasteiger charge is 2.26. The van der Waals surface area contributed by atoms with Crippen molar-refractivity contribution in [3.8, 4) is 0 Å². The third-order valence-corrected chi connectivity index (χ3v) is 6.91. The van der Waals surface area contributed by atoms with Crippen LogP contribution in [0.25, 0.3) is 10.9 Å². The van der Waals surface area contributed by atoms with Gasteiger partial charge in [0.1, 0.15) is 5.82 Å². The number of hydrogen-bond donors (Lipinski definition) is 1. The summed E-state index contributed by atoms with van der Waals surface area (Å²) in [5.74, 6) is -0.160. The molecule has 0 bridgehead atoms. The van der Waals surface area contributed by atoms with E-state index in [4.69, 9.17) is 5.73 Å². The number of benzene rings is 2. The van der Waals surface area contributed by atoms with Crippen molar-refractivity contribution in [3.63, 3.8) is 0 Å². The second-order valence-electron chi connectivity index (χ2n) is 8.05. The van der Waals surface area contributed by atoms with Crippen molar-refractivity contribution in [2.24, 2.45) is 0 Å². The van der Waals surface area contributed by atoms with Crippen molar-refractivity contribution in [3.05, 3.63) is 65.6 Å². The molecule has 4 rings (SSSR count). The van der Waals surface area contributed by atoms with Gasteiger partial charge < -0.3 is 10.6 Å². The smallest absolute Gasteiger partial charge is 0.226 e. The molecule has 6 nitrogen and oxygen atoms in total. The zero-order valence-corrected chi connectivity index (χ0v) is 18.0. The molecule has 31 heavy (non-hydrogen) atoms. The van der Waals surface area contributed by atoms with Gasteiger partial charge in [0.15, 0.2) is 9.84 Å². The first-order valence-corrected chi connectivity index (χ1v) is 12.0. The van der Waals surface area contributed by atoms with Gasteiger partial charge in [-0.05, 0) is 54.8 Å². The van der Waals surface area contributed by atoms with Crippen LogP contribution in [0.15, 0.2) is 53.4 Å². The number of likely N-dealkylation sites (tertiary alicyclic amines) is 1. The Labute approximate surface area is 180 Å². The molecule has 1 aromatic heterocycles. The van der Waals surface area contributed by atoms with Crippen LogP contribution in [0, 0.1) is 5.82 Å². The number of aromatic nitrogens is 1. The van der Waals surface area contributed by atoms with Gasteiger partial charge in [-0.1, -0.05) is 12.1 Å². The lowest BCUT2D eigenvalue weighted by Gasteiger charge is -2.32. The maximum absolute atomic E-state index is 13.4. The molecule has 1 aliphatic rings. The van der Waals surface area contributed by atoms with Gasteiger partial charge in [0.05, 0.1) is 28.2 Å². The second-order valence-corrected chi connectivity index (χ2v) is 10.1. The number of anilines is 1. The topological polar surface area (TPSA) is 93.4 Å². The fourth-order valence-corrected chi connectivity index (χ4v) is 4.68. The Hall–Kier alpha value is -3.00. The number of fused-ring (bicyclic) bond motifs is 1. The number of nitrogens with zero attached hydrogens (tertiary/aromatic N) is 2. The first-order chi connectivity index (χ1) is 14.7. The number of nitrogen functional groups attached to an aromatic ring is 1. The van der Waals surface area contributed by atoms with Gasteiger partial charge in [0.25, 0.3) is 0 Å². The number of carbonyl (C=O) groups is 1. The van der Waals surface area contributed by atoms with Gasteiger partial charge >= 0.3 is 0 Å². The number of rotatable bonds is 4. The standard InChI is InChI=1S/C23H24FN3O3S/c1-31(29,30)19-5-2-15(3-6-19)12-22(28)27-10-8-16(9-11-27)23-20(25)14-17-13-18(24)4-7-21(17)26-23/h2-7,13-14,16H,8-12,25H2,1H3. The van der Waals surface area contributed by atoms with Crippen LogP contribution in [-0.4, -0.2) is 43.6 Å². The van der Waals surface area contributed by atoms with Crippen molar-refractivity contribution in [1.82, 2.24) is 9.88 Å². The van der Waals surface area contributed by atoms with Crippen LogP contribution >= 0.6 is 0 Å². The van der Waals surface area contributed by atoms with E-state index in [9.17, 15) is 17.6 Å². The molecule has 2 heterocycles. The van der Waals surface area contributed by atoms with Crippen molar-refractivity contribution in [2.75, 3.05) is 25.1 Å². The third-order valence-electron chi connectivity index (χ3n) is 5.78. The predicted octanol–water partition coefficient (Wildman–Crippen LogP) is 3.31. The maximum atomic E-state index is 13.4. The highest BCUT2D eigenvalue weighted by molar-refractivity contribution is 7.90. The molecule has 2 aromatic carbocycles. The van der Waals surface area contributed by atoms with E-state index in [0.717, 1.165) is 30.4 Å². The predicted molar refractivity (Wildman–Crippen MR) is 118 cm³/mol. The minimum atomic E-state index is -3.25. The SMILES string of the molecule is CS(=O)(=O)c1ccc(CC(=O)N2CCC(c3nc4ccc(F)cc4cc3N)CC2)cc1. The van der Waals surface area contributed by atoms with Crippen molar-refractivity contribution in [1.29, 1.82) is 0 Å². The summed E-state index contributed by atoms with van der Waals surface area (Å²) in [6.45, 7) is 1.21. The molecule has 0 saturated carbocycles. The molecule has 1 aliphatic heterocycles. The van der Waals surface area contributed by atoms with E-state index in [1.807, 2.05) is 4.90 Å². The minimum absolute atomic E-state index is 0.0143. The molecule has 0 radical (unpaired) electrons. The van der Waals surface area contributed by atoms with Crippen LogP contribution in [0.4, 0.5) is 10.1 Å². The summed E-state index contributed by atoms with van der Waals surface area (Å²) in [7, 11) is -3.25. The highest BCUT2D eigenvalue weighted by Crippen LogP contribution is 2.32. The Morgan fingerprint density at radius 3 is 2.45 bits per heavy atom. The number of carbonyl (C=O) groups excluding carboxylic acids is 1. The summed E-state index contributed by atoms with van der Waals surface area (Å²) in [5.41, 5.74) is 9.05. The molecular formula is C23H24FN3O3S. The summed E-state index contributed by atoms with van der Waals surface area (Å²) in [6.07, 6.45) is 2.90. The quantitative estimate of drug-likeness (QED) is 0.671. The first kappa shape index (κ1) is 21.2. The zero-order chi connectivity index (χ0) is 22.2. The van der Waals surface area contributed by atoms with Gasteiger partial charge in [0, 0.05) is 30.6 Å². The lowest BCUT2D eigenvalue weighted by Crippen LogP contribution is -2.39. The van der Waals surface area contributed by atoms with Gasteiger partial charge in [-0.3, -0.25) is 9.78 Å². The fourth-order valence-electron chi connectivity index (χ4n) is 4.05. The molecule has 3 aromatic rings. The highest BCUT2D eigenvalue weighted by atomic mass is 32.2. The number of nitrogens with two attached hydrogens (primary N) is 1. The summed E-state index contributed by atoms with van der Waals surface area (Å²) >= 11 is 0. The minimum Gasteiger partial charge on any atom is -0.397 e. The summed E-state index contributed by atoms with van der Waals surface area (Å²) < 4.78 is 36.6. The van der Waals surface area contributed by atoms with Gasteiger partial charge in [0.2, 0.25) is 5.91 Å². The van der Waals surface area contributed by atoms with E-state index in [2.05, 4.69) is 4.98 Å². The molecule has 1 fully saturated rings. The molecule has 1 saturated heterocycles. The maximum Gasteiger partial charge on any atom is 0.226 e. The molecule has 0 spiro atoms. The normalized spacial score (nSPS) is 15.4. The van der Waals surface area contributed by atoms with Crippen LogP contribution in [0.1, 0.15) is 30.0 Å². The zero-order valence-electron chi connectivity index (χ0n) is 17.2. The molecule has 0 unspecified atom stereocenters. The Morgan fingerprint density at radius 1 is 1.13 bits per heavy atom. The van der Waals surface area contributed by atoms with Gasteiger partial charge in [-0.25, -0.2) is 12.8 Å². The molecule has 162 valence electrons. The van der Waals surface area contributed by atoms with E-state index >= 15 is 0 Å². The van der Waals surface area contributed by atoms with E-state index in [1.165, 1.54) is 24.3 Å². The molecule has 2 N–H and O–H groups in total. The average molecular weight is 442 g/mol. The van der Waals surface area contributed by atoms with E-state index < -0.39 is 9.84 Å². The summed E-state index contributed by atoms with van der Waals surface area (Å²) in [4.78, 5) is 19.4. The van der Waals surface area contributed by atoms with Crippen LogP contribution in [0.5, 0.6) is 0 Å². The molecule has 0 aliphatic carbocycles. The van der Waals surface area contributed by atoms with E-state index in [0.29, 0.717) is 29.7 Å². The first-order valence-electron chi connectivity index (χ1n) is 10.1. The molecule has 0 atom stereocenters. The number of piperidine rings is 1. The lowest BCUT2D eigenvalue weighted by molar-refractivity contribution is -0.131. The number of pyridine rings is 1. The number of halogens is 1. The van der Waals surface area contributed by atoms with E-state index in [-0.39, 0.29) is 29.0 Å². The molecular weight excluding hydrogens is 417 g/mol. The van der Waals surface area contributed by atoms with Crippen LogP contribution in [0.2, 0.25) is 0 Å². The Bertz CT molecular complexity index is 1230. The van der Waals surface area contributed by atoms with Crippen molar-refractivity contribution < 1.29 is 17.6 Å². The summed E-state index contributed by atoms with van der Waals surface area (Å²) in [6, 6.07) is 12.7. The Morgan fingerprint density at radius 2 is 1.81 bits per heavy atom. The van der Waals surface area contributed by atoms with Crippen LogP contribution in [-0.2, 0) is 21.1 Å². The Kier molecular flexibility index (Phi) is 5.66. The van der Waals surface area contributed by atoms with Crippen LogP contribution in [0.3, 0.4) is 0 Å².